The van der Waals surface area contributed by atoms with Crippen molar-refractivity contribution in [3.8, 4) is 0 Å². The minimum Gasteiger partial charge on any atom is -0.380 e. The van der Waals surface area contributed by atoms with Gasteiger partial charge in [-0.15, -0.1) is 0 Å². The highest BCUT2D eigenvalue weighted by Crippen LogP contribution is 2.57. The molecule has 3 saturated heterocycles. The number of aliphatic hydroxyl groups is 1. The maximum atomic E-state index is 13.1. The zero-order chi connectivity index (χ0) is 17.5. The SMILES string of the molecule is CC(C)C1CC=C2CC3OC(C[C@H]4O[C@@]34C)[C@](C)(O)C(=O)C[C@]21C. The summed E-state index contributed by atoms with van der Waals surface area (Å²) in [6.07, 6.45) is 4.73. The highest BCUT2D eigenvalue weighted by atomic mass is 16.7. The van der Waals surface area contributed by atoms with Crippen molar-refractivity contribution in [2.45, 2.75) is 89.8 Å². The zero-order valence-corrected chi connectivity index (χ0v) is 15.5. The standard InChI is InChI=1S/C20H30O4/c1-11(2)13-7-6-12-8-16-20(5)17(24-20)9-15(23-16)19(4,22)14(21)10-18(12,13)3/h6,11,13,15-17,22H,7-10H2,1-5H3/t13?,15?,16?,17-,18-,19-,20+/m1/s1. The van der Waals surface area contributed by atoms with Crippen molar-refractivity contribution in [3.63, 3.8) is 0 Å². The van der Waals surface area contributed by atoms with E-state index in [2.05, 4.69) is 33.8 Å². The second-order valence-electron chi connectivity index (χ2n) is 9.32. The molecule has 2 bridgehead atoms. The van der Waals surface area contributed by atoms with Gasteiger partial charge in [0.15, 0.2) is 5.78 Å². The van der Waals surface area contributed by atoms with Gasteiger partial charge in [0.05, 0.1) is 18.3 Å². The van der Waals surface area contributed by atoms with Crippen LogP contribution in [0.1, 0.15) is 60.3 Å². The van der Waals surface area contributed by atoms with E-state index in [9.17, 15) is 9.90 Å². The Hall–Kier alpha value is -0.710. The molecule has 4 rings (SSSR count). The summed E-state index contributed by atoms with van der Waals surface area (Å²) < 4.78 is 12.2. The molecule has 0 spiro atoms. The van der Waals surface area contributed by atoms with Crippen LogP contribution in [0, 0.1) is 17.3 Å². The van der Waals surface area contributed by atoms with Gasteiger partial charge < -0.3 is 14.6 Å². The first kappa shape index (κ1) is 16.7. The average Bonchev–Trinajstić information content (AvgIpc) is 3.05. The molecule has 3 aliphatic heterocycles. The number of rotatable bonds is 1. The van der Waals surface area contributed by atoms with Crippen LogP contribution >= 0.6 is 0 Å². The van der Waals surface area contributed by atoms with E-state index in [-0.39, 0.29) is 29.0 Å². The molecule has 0 aromatic carbocycles. The largest absolute Gasteiger partial charge is 0.380 e. The third-order valence-electron chi connectivity index (χ3n) is 7.47. The number of ether oxygens (including phenoxy) is 2. The smallest absolute Gasteiger partial charge is 0.167 e. The Morgan fingerprint density at radius 3 is 2.58 bits per heavy atom. The topological polar surface area (TPSA) is 59.1 Å². The lowest BCUT2D eigenvalue weighted by Crippen LogP contribution is -2.54. The zero-order valence-electron chi connectivity index (χ0n) is 15.5. The van der Waals surface area contributed by atoms with Gasteiger partial charge in [-0.05, 0) is 43.9 Å². The maximum absolute atomic E-state index is 13.1. The van der Waals surface area contributed by atoms with Crippen LogP contribution in [0.3, 0.4) is 0 Å². The van der Waals surface area contributed by atoms with Gasteiger partial charge in [0, 0.05) is 12.8 Å². The summed E-state index contributed by atoms with van der Waals surface area (Å²) in [6.45, 7) is 10.4. The number of hydrogen-bond acceptors (Lipinski definition) is 4. The van der Waals surface area contributed by atoms with Crippen molar-refractivity contribution in [2.24, 2.45) is 17.3 Å². The van der Waals surface area contributed by atoms with Crippen LogP contribution in [0.2, 0.25) is 0 Å². The summed E-state index contributed by atoms with van der Waals surface area (Å²) in [5.74, 6) is 0.857. The third-order valence-corrected chi connectivity index (χ3v) is 7.47. The molecule has 0 amide bonds. The van der Waals surface area contributed by atoms with Gasteiger partial charge >= 0.3 is 0 Å². The second-order valence-corrected chi connectivity index (χ2v) is 9.32. The Kier molecular flexibility index (Phi) is 3.44. The van der Waals surface area contributed by atoms with Crippen LogP contribution in [0.25, 0.3) is 0 Å². The lowest BCUT2D eigenvalue weighted by atomic mass is 9.65. The number of fused-ring (bicyclic) bond motifs is 5. The normalized spacial score (nSPS) is 53.6. The number of carbonyl (C=O) groups is 1. The van der Waals surface area contributed by atoms with E-state index in [1.807, 2.05) is 0 Å². The van der Waals surface area contributed by atoms with Crippen LogP contribution in [0.4, 0.5) is 0 Å². The maximum Gasteiger partial charge on any atom is 0.167 e. The van der Waals surface area contributed by atoms with Crippen LogP contribution in [-0.4, -0.2) is 40.4 Å². The number of allylic oxidation sites excluding steroid dienone is 1. The van der Waals surface area contributed by atoms with Crippen LogP contribution in [0.15, 0.2) is 11.6 Å². The van der Waals surface area contributed by atoms with Crippen LogP contribution in [0.5, 0.6) is 0 Å². The molecule has 0 aromatic heterocycles. The van der Waals surface area contributed by atoms with Gasteiger partial charge in [-0.1, -0.05) is 32.4 Å². The van der Waals surface area contributed by atoms with Gasteiger partial charge in [-0.3, -0.25) is 4.79 Å². The Balaban J connectivity index is 1.76. The summed E-state index contributed by atoms with van der Waals surface area (Å²) in [5.41, 5.74) is -0.545. The lowest BCUT2D eigenvalue weighted by molar-refractivity contribution is -0.169. The van der Waals surface area contributed by atoms with E-state index in [4.69, 9.17) is 9.47 Å². The van der Waals surface area contributed by atoms with Crippen molar-refractivity contribution >= 4 is 5.78 Å². The summed E-state index contributed by atoms with van der Waals surface area (Å²) in [7, 11) is 0. The van der Waals surface area contributed by atoms with Gasteiger partial charge in [-0.2, -0.15) is 0 Å². The summed E-state index contributed by atoms with van der Waals surface area (Å²) in [6, 6.07) is 0. The number of hydrogen-bond donors (Lipinski definition) is 1. The van der Waals surface area contributed by atoms with Gasteiger partial charge in [0.2, 0.25) is 0 Å². The first-order valence-corrected chi connectivity index (χ1v) is 9.37. The lowest BCUT2D eigenvalue weighted by Gasteiger charge is -2.38. The van der Waals surface area contributed by atoms with Crippen LogP contribution in [-0.2, 0) is 14.3 Å². The van der Waals surface area contributed by atoms with E-state index < -0.39 is 11.7 Å². The Labute approximate surface area is 144 Å². The summed E-state index contributed by atoms with van der Waals surface area (Å²) in [5, 5.41) is 11.0. The molecule has 0 radical (unpaired) electrons. The molecule has 0 aromatic rings. The summed E-state index contributed by atoms with van der Waals surface area (Å²) in [4.78, 5) is 13.1. The number of Topliss-reactive ketones (excluding diaryl/α,β-unsaturated/α-hetero) is 1. The molecule has 3 unspecified atom stereocenters. The Morgan fingerprint density at radius 1 is 1.21 bits per heavy atom. The fourth-order valence-electron chi connectivity index (χ4n) is 5.50. The Morgan fingerprint density at radius 2 is 1.92 bits per heavy atom. The van der Waals surface area contributed by atoms with Gasteiger partial charge in [-0.25, -0.2) is 0 Å². The Bertz CT molecular complexity index is 607. The highest BCUT2D eigenvalue weighted by molar-refractivity contribution is 5.88. The van der Waals surface area contributed by atoms with Crippen molar-refractivity contribution < 1.29 is 19.4 Å². The first-order chi connectivity index (χ1) is 11.1. The summed E-state index contributed by atoms with van der Waals surface area (Å²) >= 11 is 0. The molecule has 1 N–H and O–H groups in total. The molecule has 3 heterocycles. The third kappa shape index (κ3) is 2.12. The van der Waals surface area contributed by atoms with E-state index in [0.29, 0.717) is 24.7 Å². The molecule has 0 saturated carbocycles. The molecule has 134 valence electrons. The number of carbonyl (C=O) groups excluding carboxylic acids is 1. The molecule has 4 heteroatoms. The second kappa shape index (κ2) is 4.93. The van der Waals surface area contributed by atoms with E-state index in [0.717, 1.165) is 12.8 Å². The molecule has 24 heavy (non-hydrogen) atoms. The first-order valence-electron chi connectivity index (χ1n) is 9.37. The average molecular weight is 334 g/mol. The van der Waals surface area contributed by atoms with Crippen molar-refractivity contribution in [2.75, 3.05) is 0 Å². The van der Waals surface area contributed by atoms with Crippen molar-refractivity contribution in [1.29, 1.82) is 0 Å². The monoisotopic (exact) mass is 334 g/mol. The molecule has 1 aliphatic carbocycles. The van der Waals surface area contributed by atoms with Crippen molar-refractivity contribution in [1.82, 2.24) is 0 Å². The van der Waals surface area contributed by atoms with E-state index in [1.54, 1.807) is 6.92 Å². The fourth-order valence-corrected chi connectivity index (χ4v) is 5.50. The molecule has 7 atom stereocenters. The minimum atomic E-state index is -1.44. The fraction of sp³-hybridized carbons (Fsp3) is 0.850. The minimum absolute atomic E-state index is 0.0740. The number of ketones is 1. The van der Waals surface area contributed by atoms with E-state index in [1.165, 1.54) is 5.57 Å². The quantitative estimate of drug-likeness (QED) is 0.591. The van der Waals surface area contributed by atoms with Gasteiger partial charge in [0.25, 0.3) is 0 Å². The molecule has 4 nitrogen and oxygen atoms in total. The van der Waals surface area contributed by atoms with Crippen molar-refractivity contribution in [3.05, 3.63) is 11.6 Å². The molecular formula is C20H30O4. The predicted octanol–water partition coefficient (Wildman–Crippen LogP) is 3.02. The number of epoxide rings is 1. The molecule has 4 aliphatic rings. The predicted molar refractivity (Wildman–Crippen MR) is 90.6 cm³/mol. The molecule has 3 fully saturated rings. The van der Waals surface area contributed by atoms with Gasteiger partial charge in [0.1, 0.15) is 11.2 Å². The molecular weight excluding hydrogens is 304 g/mol. The highest BCUT2D eigenvalue weighted by Gasteiger charge is 2.66. The van der Waals surface area contributed by atoms with E-state index >= 15 is 0 Å². The van der Waals surface area contributed by atoms with Crippen LogP contribution < -0.4 is 0 Å².